The van der Waals surface area contributed by atoms with Gasteiger partial charge >= 0.3 is 0 Å². The van der Waals surface area contributed by atoms with Crippen LogP contribution in [0.1, 0.15) is 48.7 Å². The molecule has 2 saturated heterocycles. The first-order valence-corrected chi connectivity index (χ1v) is 11.5. The largest absolute Gasteiger partial charge is 0.378 e. The highest BCUT2D eigenvalue weighted by atomic mass is 32.2. The number of aromatic nitrogens is 1. The van der Waals surface area contributed by atoms with Gasteiger partial charge in [0.2, 0.25) is 0 Å². The molecule has 0 radical (unpaired) electrons. The summed E-state index contributed by atoms with van der Waals surface area (Å²) < 4.78 is 34.2. The van der Waals surface area contributed by atoms with Crippen molar-refractivity contribution in [3.8, 4) is 0 Å². The van der Waals surface area contributed by atoms with E-state index in [2.05, 4.69) is 4.98 Å². The van der Waals surface area contributed by atoms with Crippen LogP contribution < -0.4 is 0 Å². The van der Waals surface area contributed by atoms with E-state index in [1.54, 1.807) is 27.5 Å². The van der Waals surface area contributed by atoms with Crippen molar-refractivity contribution in [1.29, 1.82) is 0 Å². The average Bonchev–Trinajstić information content (AvgIpc) is 2.74. The molecule has 3 rings (SSSR count). The summed E-state index contributed by atoms with van der Waals surface area (Å²) in [6, 6.07) is 3.57. The zero-order chi connectivity index (χ0) is 20.1. The Morgan fingerprint density at radius 1 is 1.25 bits per heavy atom. The van der Waals surface area contributed by atoms with Crippen LogP contribution in [0.4, 0.5) is 0 Å². The van der Waals surface area contributed by atoms with Crippen molar-refractivity contribution in [3.05, 3.63) is 29.6 Å². The summed E-state index contributed by atoms with van der Waals surface area (Å²) in [7, 11) is -3.49. The van der Waals surface area contributed by atoms with Crippen LogP contribution in [0.5, 0.6) is 0 Å². The number of hydrogen-bond acceptors (Lipinski definition) is 5. The van der Waals surface area contributed by atoms with Gasteiger partial charge in [-0.25, -0.2) is 0 Å². The van der Waals surface area contributed by atoms with Crippen LogP contribution in [0.25, 0.3) is 0 Å². The number of carbonyl (C=O) groups excluding carboxylic acids is 1. The third kappa shape index (κ3) is 4.37. The predicted molar refractivity (Wildman–Crippen MR) is 106 cm³/mol. The topological polar surface area (TPSA) is 83.1 Å². The van der Waals surface area contributed by atoms with E-state index in [0.29, 0.717) is 63.7 Å². The lowest BCUT2D eigenvalue weighted by Crippen LogP contribution is -2.47. The summed E-state index contributed by atoms with van der Waals surface area (Å²) in [6.45, 7) is 7.69. The Balaban J connectivity index is 1.83. The molecule has 0 saturated carbocycles. The Bertz CT molecular complexity index is 776. The highest BCUT2D eigenvalue weighted by Gasteiger charge is 2.35. The number of morpholine rings is 1. The number of amides is 1. The summed E-state index contributed by atoms with van der Waals surface area (Å²) in [4.78, 5) is 19.3. The SMILES string of the molecule is CCN(CC)S(=O)(=O)N1CCCC(c2ncccc2C(=O)N2CCOCC2)C1. The van der Waals surface area contributed by atoms with Gasteiger partial charge in [-0.1, -0.05) is 13.8 Å². The fourth-order valence-corrected chi connectivity index (χ4v) is 5.66. The molecule has 2 fully saturated rings. The van der Waals surface area contributed by atoms with Crippen molar-refractivity contribution in [2.75, 3.05) is 52.5 Å². The molecule has 3 heterocycles. The van der Waals surface area contributed by atoms with Crippen LogP contribution in [0.2, 0.25) is 0 Å². The zero-order valence-electron chi connectivity index (χ0n) is 16.7. The zero-order valence-corrected chi connectivity index (χ0v) is 17.5. The van der Waals surface area contributed by atoms with E-state index < -0.39 is 10.2 Å². The van der Waals surface area contributed by atoms with E-state index in [4.69, 9.17) is 4.74 Å². The third-order valence-corrected chi connectivity index (χ3v) is 7.65. The Hall–Kier alpha value is -1.55. The van der Waals surface area contributed by atoms with Crippen LogP contribution in [-0.2, 0) is 14.9 Å². The molecule has 0 aliphatic carbocycles. The molecular formula is C19H30N4O4S. The predicted octanol–water partition coefficient (Wildman–Crippen LogP) is 1.32. The van der Waals surface area contributed by atoms with Crippen LogP contribution >= 0.6 is 0 Å². The average molecular weight is 411 g/mol. The third-order valence-electron chi connectivity index (χ3n) is 5.50. The van der Waals surface area contributed by atoms with Crippen LogP contribution in [-0.4, -0.2) is 85.3 Å². The molecule has 1 amide bonds. The maximum absolute atomic E-state index is 13.0. The van der Waals surface area contributed by atoms with Crippen molar-refractivity contribution in [3.63, 3.8) is 0 Å². The Kier molecular flexibility index (Phi) is 7.03. The highest BCUT2D eigenvalue weighted by molar-refractivity contribution is 7.86. The number of carbonyl (C=O) groups is 1. The molecule has 28 heavy (non-hydrogen) atoms. The Morgan fingerprint density at radius 2 is 1.96 bits per heavy atom. The molecule has 2 aliphatic heterocycles. The number of ether oxygens (including phenoxy) is 1. The lowest BCUT2D eigenvalue weighted by atomic mass is 9.92. The van der Waals surface area contributed by atoms with Gasteiger partial charge in [0.25, 0.3) is 16.1 Å². The van der Waals surface area contributed by atoms with E-state index in [1.807, 2.05) is 13.8 Å². The quantitative estimate of drug-likeness (QED) is 0.706. The summed E-state index contributed by atoms with van der Waals surface area (Å²) in [6.07, 6.45) is 3.26. The van der Waals surface area contributed by atoms with Gasteiger partial charge in [0, 0.05) is 51.4 Å². The summed E-state index contributed by atoms with van der Waals surface area (Å²) >= 11 is 0. The van der Waals surface area contributed by atoms with Crippen molar-refractivity contribution in [2.45, 2.75) is 32.6 Å². The van der Waals surface area contributed by atoms with Crippen molar-refractivity contribution in [2.24, 2.45) is 0 Å². The summed E-state index contributed by atoms with van der Waals surface area (Å²) in [5.41, 5.74) is 1.29. The fourth-order valence-electron chi connectivity index (χ4n) is 3.95. The number of hydrogen-bond donors (Lipinski definition) is 0. The van der Waals surface area contributed by atoms with Gasteiger partial charge in [0.05, 0.1) is 24.5 Å². The molecule has 9 heteroatoms. The van der Waals surface area contributed by atoms with Gasteiger partial charge in [0.15, 0.2) is 0 Å². The molecule has 2 aliphatic rings. The smallest absolute Gasteiger partial charge is 0.281 e. The van der Waals surface area contributed by atoms with E-state index >= 15 is 0 Å². The highest BCUT2D eigenvalue weighted by Crippen LogP contribution is 2.30. The summed E-state index contributed by atoms with van der Waals surface area (Å²) in [5, 5.41) is 0. The van der Waals surface area contributed by atoms with Crippen molar-refractivity contribution < 1.29 is 17.9 Å². The maximum Gasteiger partial charge on any atom is 0.281 e. The van der Waals surface area contributed by atoms with E-state index in [1.165, 1.54) is 4.31 Å². The first-order chi connectivity index (χ1) is 13.5. The normalized spacial score (nSPS) is 21.8. The second kappa shape index (κ2) is 9.30. The molecule has 8 nitrogen and oxygen atoms in total. The molecule has 1 aromatic heterocycles. The molecule has 1 aromatic rings. The number of nitrogens with zero attached hydrogens (tertiary/aromatic N) is 4. The fraction of sp³-hybridized carbons (Fsp3) is 0.684. The Morgan fingerprint density at radius 3 is 2.64 bits per heavy atom. The van der Waals surface area contributed by atoms with Gasteiger partial charge in [-0.05, 0) is 25.0 Å². The minimum absolute atomic E-state index is 0.0462. The van der Waals surface area contributed by atoms with Gasteiger partial charge in [-0.15, -0.1) is 0 Å². The van der Waals surface area contributed by atoms with Gasteiger partial charge in [0.1, 0.15) is 0 Å². The van der Waals surface area contributed by atoms with E-state index in [9.17, 15) is 13.2 Å². The first kappa shape index (κ1) is 21.2. The minimum atomic E-state index is -3.49. The number of pyridine rings is 1. The lowest BCUT2D eigenvalue weighted by molar-refractivity contribution is 0.0301. The molecule has 0 aromatic carbocycles. The van der Waals surface area contributed by atoms with Crippen LogP contribution in [0, 0.1) is 0 Å². The van der Waals surface area contributed by atoms with Gasteiger partial charge < -0.3 is 9.64 Å². The van der Waals surface area contributed by atoms with Crippen molar-refractivity contribution in [1.82, 2.24) is 18.5 Å². The number of rotatable bonds is 6. The second-order valence-electron chi connectivity index (χ2n) is 7.13. The number of piperidine rings is 1. The lowest BCUT2D eigenvalue weighted by Gasteiger charge is -2.35. The standard InChI is InChI=1S/C19H30N4O4S/c1-3-22(4-2)28(25,26)23-10-6-7-16(15-23)18-17(8-5-9-20-18)19(24)21-11-13-27-14-12-21/h5,8-9,16H,3-4,6-7,10-15H2,1-2H3. The molecule has 1 atom stereocenters. The van der Waals surface area contributed by atoms with Crippen molar-refractivity contribution >= 4 is 16.1 Å². The summed E-state index contributed by atoms with van der Waals surface area (Å²) in [5.74, 6) is -0.129. The van der Waals surface area contributed by atoms with Gasteiger partial charge in [-0.2, -0.15) is 17.0 Å². The van der Waals surface area contributed by atoms with Crippen LogP contribution in [0.3, 0.4) is 0 Å². The van der Waals surface area contributed by atoms with Crippen LogP contribution in [0.15, 0.2) is 18.3 Å². The van der Waals surface area contributed by atoms with E-state index in [-0.39, 0.29) is 11.8 Å². The molecule has 0 spiro atoms. The maximum atomic E-state index is 13.0. The minimum Gasteiger partial charge on any atom is -0.378 e. The molecular weight excluding hydrogens is 380 g/mol. The second-order valence-corrected chi connectivity index (χ2v) is 9.06. The van der Waals surface area contributed by atoms with E-state index in [0.717, 1.165) is 12.8 Å². The molecule has 0 N–H and O–H groups in total. The monoisotopic (exact) mass is 410 g/mol. The molecule has 1 unspecified atom stereocenters. The first-order valence-electron chi connectivity index (χ1n) is 10.1. The molecule has 0 bridgehead atoms. The van der Waals surface area contributed by atoms with Gasteiger partial charge in [-0.3, -0.25) is 9.78 Å². The Labute approximate surface area is 167 Å². The molecule has 156 valence electrons.